The van der Waals surface area contributed by atoms with Crippen LogP contribution >= 0.6 is 0 Å². The Morgan fingerprint density at radius 1 is 0.909 bits per heavy atom. The van der Waals surface area contributed by atoms with Crippen molar-refractivity contribution in [3.8, 4) is 0 Å². The van der Waals surface area contributed by atoms with E-state index in [2.05, 4.69) is 24.4 Å². The summed E-state index contributed by atoms with van der Waals surface area (Å²) in [6, 6.07) is 19.3. The summed E-state index contributed by atoms with van der Waals surface area (Å²) >= 11 is 0. The second-order valence-corrected chi connectivity index (χ2v) is 16.3. The number of halogens is 1. The fraction of sp³-hybridized carbons (Fsp3) is 0.259. The molecule has 1 atom stereocenters. The molecule has 1 unspecified atom stereocenters. The number of aryl methyl sites for hydroxylation is 3. The fourth-order valence-electron chi connectivity index (χ4n) is 4.25. The van der Waals surface area contributed by atoms with Crippen LogP contribution in [-0.4, -0.2) is 16.5 Å². The summed E-state index contributed by atoms with van der Waals surface area (Å²) in [6.07, 6.45) is 1.83. The summed E-state index contributed by atoms with van der Waals surface area (Å²) in [5, 5.41) is 0.907. The summed E-state index contributed by atoms with van der Waals surface area (Å²) in [6.45, 7) is 12.0. The molecule has 0 saturated heterocycles. The van der Waals surface area contributed by atoms with E-state index in [4.69, 9.17) is 0 Å². The molecule has 0 aromatic heterocycles. The van der Waals surface area contributed by atoms with Gasteiger partial charge < -0.3 is 0 Å². The maximum atomic E-state index is 14.6. The molecule has 3 aromatic rings. The van der Waals surface area contributed by atoms with Crippen molar-refractivity contribution < 1.29 is 12.8 Å². The second-order valence-electron chi connectivity index (χ2n) is 9.56. The third-order valence-electron chi connectivity index (χ3n) is 5.67. The van der Waals surface area contributed by atoms with Crippen molar-refractivity contribution in [2.45, 2.75) is 51.3 Å². The molecular weight excluding hydrogens is 449 g/mol. The van der Waals surface area contributed by atoms with Crippen LogP contribution in [0.2, 0.25) is 19.6 Å². The minimum atomic E-state index is -3.86. The molecule has 0 heterocycles. The van der Waals surface area contributed by atoms with E-state index in [1.165, 1.54) is 6.07 Å². The Morgan fingerprint density at radius 2 is 1.45 bits per heavy atom. The first-order valence-electron chi connectivity index (χ1n) is 11.0. The van der Waals surface area contributed by atoms with Crippen LogP contribution in [0.5, 0.6) is 0 Å². The zero-order valence-electron chi connectivity index (χ0n) is 20.1. The molecule has 0 saturated carbocycles. The highest BCUT2D eigenvalue weighted by Gasteiger charge is 2.33. The van der Waals surface area contributed by atoms with E-state index >= 15 is 0 Å². The van der Waals surface area contributed by atoms with Gasteiger partial charge in [-0.2, -0.15) is 4.72 Å². The highest BCUT2D eigenvalue weighted by Crippen LogP contribution is 2.34. The normalized spacial score (nSPS) is 13.7. The van der Waals surface area contributed by atoms with Crippen LogP contribution in [0.15, 0.2) is 76.8 Å². The van der Waals surface area contributed by atoms with Crippen molar-refractivity contribution in [3.63, 3.8) is 0 Å². The van der Waals surface area contributed by atoms with Gasteiger partial charge in [0.2, 0.25) is 10.0 Å². The predicted octanol–water partition coefficient (Wildman–Crippen LogP) is 6.73. The highest BCUT2D eigenvalue weighted by molar-refractivity contribution is 7.89. The van der Waals surface area contributed by atoms with Crippen molar-refractivity contribution in [3.05, 3.63) is 106 Å². The molecule has 6 heteroatoms. The summed E-state index contributed by atoms with van der Waals surface area (Å²) in [7, 11) is -5.96. The molecule has 0 aliphatic heterocycles. The van der Waals surface area contributed by atoms with Crippen molar-refractivity contribution in [1.82, 2.24) is 4.72 Å². The van der Waals surface area contributed by atoms with E-state index < -0.39 is 24.1 Å². The molecule has 1 N–H and O–H groups in total. The summed E-state index contributed by atoms with van der Waals surface area (Å²) < 4.78 is 45.0. The lowest BCUT2D eigenvalue weighted by Gasteiger charge is -2.31. The molecule has 0 spiro atoms. The van der Waals surface area contributed by atoms with Crippen molar-refractivity contribution >= 4 is 24.2 Å². The summed E-state index contributed by atoms with van der Waals surface area (Å²) in [4.78, 5) is 0.301. The SMILES string of the molecule is Cc1cc(C)c(S(=O)(=O)NC(/C(=C/c2ccccc2F)[Si](C)(C)C)c2ccccc2)c(C)c1. The maximum Gasteiger partial charge on any atom is 0.241 e. The van der Waals surface area contributed by atoms with Crippen molar-refractivity contribution in [1.29, 1.82) is 0 Å². The fourth-order valence-corrected chi connectivity index (χ4v) is 7.71. The molecule has 0 fully saturated rings. The number of rotatable bonds is 7. The number of hydrogen-bond donors (Lipinski definition) is 1. The minimum absolute atomic E-state index is 0.301. The van der Waals surface area contributed by atoms with Crippen LogP contribution in [0.3, 0.4) is 0 Å². The summed E-state index contributed by atoms with van der Waals surface area (Å²) in [5.74, 6) is -0.326. The van der Waals surface area contributed by atoms with Gasteiger partial charge in [0.05, 0.1) is 19.0 Å². The molecule has 174 valence electrons. The minimum Gasteiger partial charge on any atom is -0.207 e. The molecule has 0 aliphatic carbocycles. The predicted molar refractivity (Wildman–Crippen MR) is 138 cm³/mol. The van der Waals surface area contributed by atoms with Gasteiger partial charge in [-0.3, -0.25) is 0 Å². The molecular formula is C27H32FNO2SSi. The zero-order valence-corrected chi connectivity index (χ0v) is 21.9. The summed E-state index contributed by atoms with van der Waals surface area (Å²) in [5.41, 5.74) is 3.72. The van der Waals surface area contributed by atoms with E-state index in [-0.39, 0.29) is 5.82 Å². The van der Waals surface area contributed by atoms with Gasteiger partial charge in [0.25, 0.3) is 0 Å². The number of sulfonamides is 1. The van der Waals surface area contributed by atoms with Gasteiger partial charge in [0, 0.05) is 5.56 Å². The van der Waals surface area contributed by atoms with Crippen molar-refractivity contribution in [2.24, 2.45) is 0 Å². The van der Waals surface area contributed by atoms with Gasteiger partial charge in [0.1, 0.15) is 5.82 Å². The quantitative estimate of drug-likeness (QED) is 0.380. The van der Waals surface area contributed by atoms with Crippen LogP contribution in [0.25, 0.3) is 6.08 Å². The van der Waals surface area contributed by atoms with E-state index in [0.717, 1.165) is 16.3 Å². The van der Waals surface area contributed by atoms with Crippen LogP contribution in [0, 0.1) is 26.6 Å². The van der Waals surface area contributed by atoms with Gasteiger partial charge in [-0.25, -0.2) is 12.8 Å². The molecule has 0 amide bonds. The first-order valence-corrected chi connectivity index (χ1v) is 16.0. The van der Waals surface area contributed by atoms with E-state index in [9.17, 15) is 12.8 Å². The lowest BCUT2D eigenvalue weighted by molar-refractivity contribution is 0.571. The lowest BCUT2D eigenvalue weighted by atomic mass is 10.1. The van der Waals surface area contributed by atoms with Crippen LogP contribution in [-0.2, 0) is 10.0 Å². The first kappa shape index (κ1) is 25.1. The van der Waals surface area contributed by atoms with Gasteiger partial charge in [-0.1, -0.05) is 97.1 Å². The molecule has 0 bridgehead atoms. The second kappa shape index (κ2) is 9.75. The number of hydrogen-bond acceptors (Lipinski definition) is 2. The Morgan fingerprint density at radius 3 is 2.00 bits per heavy atom. The molecule has 3 rings (SSSR count). The highest BCUT2D eigenvalue weighted by atomic mass is 32.2. The largest absolute Gasteiger partial charge is 0.241 e. The van der Waals surface area contributed by atoms with Crippen LogP contribution in [0.4, 0.5) is 4.39 Å². The Labute approximate surface area is 198 Å². The zero-order chi connectivity index (χ0) is 24.4. The Bertz CT molecular complexity index is 1260. The van der Waals surface area contributed by atoms with Gasteiger partial charge in [0.15, 0.2) is 0 Å². The topological polar surface area (TPSA) is 46.2 Å². The van der Waals surface area contributed by atoms with Gasteiger partial charge in [-0.05, 0) is 43.5 Å². The number of benzene rings is 3. The van der Waals surface area contributed by atoms with E-state index in [0.29, 0.717) is 21.6 Å². The average molecular weight is 482 g/mol. The molecule has 33 heavy (non-hydrogen) atoms. The molecule has 3 aromatic carbocycles. The van der Waals surface area contributed by atoms with Crippen molar-refractivity contribution in [2.75, 3.05) is 0 Å². The lowest BCUT2D eigenvalue weighted by Crippen LogP contribution is -2.38. The third-order valence-corrected chi connectivity index (χ3v) is 9.57. The maximum absolute atomic E-state index is 14.6. The van der Waals surface area contributed by atoms with Crippen LogP contribution < -0.4 is 4.72 Å². The first-order chi connectivity index (χ1) is 15.4. The molecule has 3 nitrogen and oxygen atoms in total. The van der Waals surface area contributed by atoms with Crippen LogP contribution in [0.1, 0.15) is 33.9 Å². The Hall–Kier alpha value is -2.54. The van der Waals surface area contributed by atoms with Gasteiger partial charge in [-0.15, -0.1) is 0 Å². The third kappa shape index (κ3) is 5.88. The monoisotopic (exact) mass is 481 g/mol. The Balaban J connectivity index is 2.21. The standard InChI is InChI=1S/C27H32FNO2SSi/c1-19-16-20(2)27(21(3)17-19)32(30,31)29-26(22-12-8-7-9-13-22)25(33(4,5)6)18-23-14-10-11-15-24(23)28/h7-18,26,29H,1-6H3/b25-18-. The smallest absolute Gasteiger partial charge is 0.207 e. The van der Waals surface area contributed by atoms with E-state index in [1.807, 2.05) is 69.3 Å². The molecule has 0 radical (unpaired) electrons. The Kier molecular flexibility index (Phi) is 7.41. The number of nitrogens with one attached hydrogen (secondary N) is 1. The average Bonchev–Trinajstić information content (AvgIpc) is 2.70. The molecule has 0 aliphatic rings. The van der Waals surface area contributed by atoms with Gasteiger partial charge >= 0.3 is 0 Å². The van der Waals surface area contributed by atoms with E-state index in [1.54, 1.807) is 18.2 Å².